The van der Waals surface area contributed by atoms with Crippen molar-refractivity contribution in [1.82, 2.24) is 15.5 Å². The van der Waals surface area contributed by atoms with Crippen LogP contribution >= 0.6 is 23.2 Å². The molecule has 0 fully saturated rings. The monoisotopic (exact) mass is 299 g/mol. The fourth-order valence-electron chi connectivity index (χ4n) is 1.60. The predicted octanol–water partition coefficient (Wildman–Crippen LogP) is 3.59. The van der Waals surface area contributed by atoms with E-state index in [0.717, 1.165) is 25.1 Å². The first-order valence-corrected chi connectivity index (χ1v) is 6.95. The van der Waals surface area contributed by atoms with Crippen molar-refractivity contribution in [3.05, 3.63) is 34.1 Å². The molecular weight excluding hydrogens is 285 g/mol. The number of nitrogens with one attached hydrogen (secondary N) is 1. The summed E-state index contributed by atoms with van der Waals surface area (Å²) in [5, 5.41) is 12.3. The van der Waals surface area contributed by atoms with Crippen LogP contribution in [0.5, 0.6) is 0 Å². The van der Waals surface area contributed by atoms with Gasteiger partial charge < -0.3 is 9.73 Å². The fourth-order valence-corrected chi connectivity index (χ4v) is 1.90. The Kier molecular flexibility index (Phi) is 5.19. The molecule has 19 heavy (non-hydrogen) atoms. The quantitative estimate of drug-likeness (QED) is 0.828. The van der Waals surface area contributed by atoms with Gasteiger partial charge in [0.05, 0.1) is 10.0 Å². The Labute approximate surface area is 122 Å². The van der Waals surface area contributed by atoms with Crippen LogP contribution in [0.4, 0.5) is 0 Å². The Morgan fingerprint density at radius 2 is 2.00 bits per heavy atom. The van der Waals surface area contributed by atoms with E-state index in [2.05, 4.69) is 22.4 Å². The van der Waals surface area contributed by atoms with Crippen molar-refractivity contribution in [3.63, 3.8) is 0 Å². The summed E-state index contributed by atoms with van der Waals surface area (Å²) in [6.07, 6.45) is 1.83. The lowest BCUT2D eigenvalue weighted by atomic mass is 10.2. The van der Waals surface area contributed by atoms with Gasteiger partial charge in [-0.1, -0.05) is 30.1 Å². The van der Waals surface area contributed by atoms with Crippen LogP contribution in [-0.2, 0) is 6.42 Å². The van der Waals surface area contributed by atoms with Gasteiger partial charge in [-0.05, 0) is 31.2 Å². The van der Waals surface area contributed by atoms with E-state index in [1.807, 2.05) is 0 Å². The highest BCUT2D eigenvalue weighted by atomic mass is 35.5. The molecular formula is C13H15Cl2N3O. The van der Waals surface area contributed by atoms with Crippen LogP contribution in [0.1, 0.15) is 19.2 Å². The summed E-state index contributed by atoms with van der Waals surface area (Å²) in [7, 11) is 0. The Hall–Kier alpha value is -1.10. The van der Waals surface area contributed by atoms with Gasteiger partial charge >= 0.3 is 0 Å². The van der Waals surface area contributed by atoms with E-state index in [1.54, 1.807) is 18.2 Å². The maximum absolute atomic E-state index is 5.96. The molecule has 1 N–H and O–H groups in total. The van der Waals surface area contributed by atoms with E-state index < -0.39 is 0 Å². The summed E-state index contributed by atoms with van der Waals surface area (Å²) in [6, 6.07) is 5.24. The zero-order valence-electron chi connectivity index (χ0n) is 10.6. The highest BCUT2D eigenvalue weighted by Crippen LogP contribution is 2.27. The number of aromatic nitrogens is 2. The molecule has 4 nitrogen and oxygen atoms in total. The lowest BCUT2D eigenvalue weighted by molar-refractivity contribution is 0.494. The average Bonchev–Trinajstić information content (AvgIpc) is 2.87. The zero-order chi connectivity index (χ0) is 13.7. The highest BCUT2D eigenvalue weighted by molar-refractivity contribution is 6.42. The molecule has 2 rings (SSSR count). The molecule has 102 valence electrons. The summed E-state index contributed by atoms with van der Waals surface area (Å²) < 4.78 is 5.58. The number of halogens is 2. The Balaban J connectivity index is 2.01. The minimum atomic E-state index is 0.462. The number of benzene rings is 1. The number of hydrogen-bond donors (Lipinski definition) is 1. The van der Waals surface area contributed by atoms with Gasteiger partial charge in [0.25, 0.3) is 0 Å². The number of nitrogens with zero attached hydrogens (tertiary/aromatic N) is 2. The molecule has 0 aliphatic heterocycles. The first-order valence-electron chi connectivity index (χ1n) is 6.19. The first-order chi connectivity index (χ1) is 9.20. The minimum Gasteiger partial charge on any atom is -0.421 e. The van der Waals surface area contributed by atoms with Gasteiger partial charge in [0, 0.05) is 18.5 Å². The second kappa shape index (κ2) is 6.89. The molecule has 0 aliphatic rings. The maximum Gasteiger partial charge on any atom is 0.247 e. The van der Waals surface area contributed by atoms with Gasteiger partial charge in [0.15, 0.2) is 0 Å². The van der Waals surface area contributed by atoms with Gasteiger partial charge in [-0.3, -0.25) is 0 Å². The zero-order valence-corrected chi connectivity index (χ0v) is 12.1. The van der Waals surface area contributed by atoms with Gasteiger partial charge in [0.2, 0.25) is 11.8 Å². The van der Waals surface area contributed by atoms with Crippen molar-refractivity contribution in [1.29, 1.82) is 0 Å². The van der Waals surface area contributed by atoms with Crippen LogP contribution in [0, 0.1) is 0 Å². The predicted molar refractivity (Wildman–Crippen MR) is 76.6 cm³/mol. The molecule has 0 radical (unpaired) electrons. The second-order valence-electron chi connectivity index (χ2n) is 4.13. The highest BCUT2D eigenvalue weighted by Gasteiger charge is 2.09. The average molecular weight is 300 g/mol. The van der Waals surface area contributed by atoms with Crippen LogP contribution in [0.15, 0.2) is 22.6 Å². The molecule has 0 unspecified atom stereocenters. The molecule has 0 aliphatic carbocycles. The summed E-state index contributed by atoms with van der Waals surface area (Å²) >= 11 is 11.8. The largest absolute Gasteiger partial charge is 0.421 e. The summed E-state index contributed by atoms with van der Waals surface area (Å²) in [5.41, 5.74) is 0.773. The van der Waals surface area contributed by atoms with Crippen molar-refractivity contribution >= 4 is 23.2 Å². The van der Waals surface area contributed by atoms with Gasteiger partial charge in [-0.25, -0.2) is 0 Å². The van der Waals surface area contributed by atoms with Crippen LogP contribution in [0.2, 0.25) is 10.0 Å². The van der Waals surface area contributed by atoms with Crippen molar-refractivity contribution in [3.8, 4) is 11.5 Å². The Bertz CT molecular complexity index is 542. The molecule has 0 spiro atoms. The molecule has 0 saturated carbocycles. The van der Waals surface area contributed by atoms with Crippen LogP contribution in [0.3, 0.4) is 0 Å². The molecule has 1 aromatic heterocycles. The lowest BCUT2D eigenvalue weighted by Crippen LogP contribution is -2.17. The van der Waals surface area contributed by atoms with Crippen LogP contribution in [0.25, 0.3) is 11.5 Å². The molecule has 2 aromatic rings. The standard InChI is InChI=1S/C13H15Cl2N3O/c1-2-6-16-7-5-12-17-18-13(19-12)9-3-4-10(14)11(15)8-9/h3-4,8,16H,2,5-7H2,1H3. The van der Waals surface area contributed by atoms with Crippen molar-refractivity contribution in [2.24, 2.45) is 0 Å². The molecule has 0 bridgehead atoms. The van der Waals surface area contributed by atoms with Gasteiger partial charge in [-0.2, -0.15) is 0 Å². The molecule has 0 saturated heterocycles. The fraction of sp³-hybridized carbons (Fsp3) is 0.385. The molecule has 1 heterocycles. The molecule has 0 atom stereocenters. The Morgan fingerprint density at radius 1 is 1.16 bits per heavy atom. The van der Waals surface area contributed by atoms with Crippen LogP contribution in [-0.4, -0.2) is 23.3 Å². The summed E-state index contributed by atoms with van der Waals surface area (Å²) in [5.74, 6) is 1.08. The van der Waals surface area contributed by atoms with Crippen molar-refractivity contribution in [2.45, 2.75) is 19.8 Å². The smallest absolute Gasteiger partial charge is 0.247 e. The van der Waals surface area contributed by atoms with E-state index in [0.29, 0.717) is 28.2 Å². The molecule has 0 amide bonds. The van der Waals surface area contributed by atoms with E-state index in [9.17, 15) is 0 Å². The first kappa shape index (κ1) is 14.3. The third kappa shape index (κ3) is 3.93. The van der Waals surface area contributed by atoms with Crippen molar-refractivity contribution < 1.29 is 4.42 Å². The molecule has 1 aromatic carbocycles. The normalized spacial score (nSPS) is 10.9. The molecule has 6 heteroatoms. The minimum absolute atomic E-state index is 0.462. The van der Waals surface area contributed by atoms with Gasteiger partial charge in [0.1, 0.15) is 0 Å². The van der Waals surface area contributed by atoms with E-state index >= 15 is 0 Å². The lowest BCUT2D eigenvalue weighted by Gasteiger charge is -1.99. The van der Waals surface area contributed by atoms with E-state index in [1.165, 1.54) is 0 Å². The third-order valence-electron chi connectivity index (χ3n) is 2.58. The SMILES string of the molecule is CCCNCCc1nnc(-c2ccc(Cl)c(Cl)c2)o1. The second-order valence-corrected chi connectivity index (χ2v) is 4.94. The van der Waals surface area contributed by atoms with E-state index in [4.69, 9.17) is 27.6 Å². The van der Waals surface area contributed by atoms with Crippen molar-refractivity contribution in [2.75, 3.05) is 13.1 Å². The van der Waals surface area contributed by atoms with E-state index in [-0.39, 0.29) is 0 Å². The Morgan fingerprint density at radius 3 is 2.74 bits per heavy atom. The number of rotatable bonds is 6. The summed E-state index contributed by atoms with van der Waals surface area (Å²) in [6.45, 7) is 3.95. The topological polar surface area (TPSA) is 51.0 Å². The maximum atomic E-state index is 5.96. The third-order valence-corrected chi connectivity index (χ3v) is 3.31. The van der Waals surface area contributed by atoms with Gasteiger partial charge in [-0.15, -0.1) is 10.2 Å². The summed E-state index contributed by atoms with van der Waals surface area (Å²) in [4.78, 5) is 0. The van der Waals surface area contributed by atoms with Crippen LogP contribution < -0.4 is 5.32 Å². The number of hydrogen-bond acceptors (Lipinski definition) is 4.